The van der Waals surface area contributed by atoms with Crippen LogP contribution in [0.4, 0.5) is 13.2 Å². The molecule has 0 aromatic heterocycles. The molecular weight excluding hydrogens is 441 g/mol. The van der Waals surface area contributed by atoms with Gasteiger partial charge in [0.25, 0.3) is 6.48 Å². The van der Waals surface area contributed by atoms with E-state index < -0.39 is 18.2 Å². The molecule has 0 heterocycles. The quantitative estimate of drug-likeness (QED) is 0.128. The molecule has 1 rings (SSSR count). The van der Waals surface area contributed by atoms with Gasteiger partial charge in [0.05, 0.1) is 11.7 Å². The minimum Gasteiger partial charge on any atom is -0.330 e. The van der Waals surface area contributed by atoms with Gasteiger partial charge < -0.3 is 14.2 Å². The average Bonchev–Trinajstić information content (AvgIpc) is 2.80. The van der Waals surface area contributed by atoms with Crippen LogP contribution in [0.15, 0.2) is 24.3 Å². The Morgan fingerprint density at radius 1 is 0.676 bits per heavy atom. The maximum atomic E-state index is 12.7. The molecular formula is C28H47F3O3. The van der Waals surface area contributed by atoms with Gasteiger partial charge in [-0.25, -0.2) is 0 Å². The topological polar surface area (TPSA) is 27.7 Å². The summed E-state index contributed by atoms with van der Waals surface area (Å²) in [6.07, 6.45) is 11.8. The molecule has 6 heteroatoms. The first kappa shape index (κ1) is 30.9. The lowest BCUT2D eigenvalue weighted by Crippen LogP contribution is -2.27. The molecule has 0 fully saturated rings. The number of ether oxygens (including phenoxy) is 3. The van der Waals surface area contributed by atoms with E-state index in [1.807, 2.05) is 13.8 Å². The number of alkyl halides is 3. The molecule has 0 aliphatic rings. The van der Waals surface area contributed by atoms with Crippen molar-refractivity contribution in [1.82, 2.24) is 0 Å². The summed E-state index contributed by atoms with van der Waals surface area (Å²) in [4.78, 5) is 0. The number of halogens is 3. The third-order valence-electron chi connectivity index (χ3n) is 6.06. The van der Waals surface area contributed by atoms with Crippen molar-refractivity contribution in [3.63, 3.8) is 0 Å². The SMILES string of the molecule is CCCCCCCCCC(CCCCCCc1ccc(C(F)(F)F)cc1)OC(OCC)OCC. The van der Waals surface area contributed by atoms with E-state index in [0.717, 1.165) is 56.9 Å². The van der Waals surface area contributed by atoms with E-state index in [9.17, 15) is 13.2 Å². The Morgan fingerprint density at radius 2 is 1.18 bits per heavy atom. The number of unbranched alkanes of at least 4 members (excludes halogenated alkanes) is 9. The maximum Gasteiger partial charge on any atom is 0.416 e. The third-order valence-corrected chi connectivity index (χ3v) is 6.06. The van der Waals surface area contributed by atoms with Crippen LogP contribution in [-0.4, -0.2) is 25.8 Å². The zero-order valence-corrected chi connectivity index (χ0v) is 21.6. The van der Waals surface area contributed by atoms with Gasteiger partial charge in [-0.2, -0.15) is 13.2 Å². The summed E-state index contributed by atoms with van der Waals surface area (Å²) in [5.41, 5.74) is 0.380. The molecule has 0 spiro atoms. The van der Waals surface area contributed by atoms with Gasteiger partial charge in [0.15, 0.2) is 0 Å². The third kappa shape index (κ3) is 15.0. The molecule has 0 saturated carbocycles. The Kier molecular flexibility index (Phi) is 17.4. The molecule has 1 aromatic rings. The van der Waals surface area contributed by atoms with Gasteiger partial charge in [0.1, 0.15) is 0 Å². The maximum absolute atomic E-state index is 12.7. The largest absolute Gasteiger partial charge is 0.416 e. The van der Waals surface area contributed by atoms with Crippen LogP contribution in [0, 0.1) is 0 Å². The highest BCUT2D eigenvalue weighted by Crippen LogP contribution is 2.29. The van der Waals surface area contributed by atoms with Crippen molar-refractivity contribution in [3.8, 4) is 0 Å². The van der Waals surface area contributed by atoms with Crippen molar-refractivity contribution in [2.45, 2.75) is 129 Å². The van der Waals surface area contributed by atoms with E-state index in [2.05, 4.69) is 6.92 Å². The van der Waals surface area contributed by atoms with Crippen LogP contribution in [0.5, 0.6) is 0 Å². The summed E-state index contributed by atoms with van der Waals surface area (Å²) in [6.45, 7) is 6.64. The zero-order valence-electron chi connectivity index (χ0n) is 21.6. The molecule has 0 saturated heterocycles. The molecule has 1 aromatic carbocycles. The van der Waals surface area contributed by atoms with Gasteiger partial charge in [-0.05, 0) is 57.2 Å². The Labute approximate surface area is 205 Å². The first-order valence-electron chi connectivity index (χ1n) is 13.4. The fourth-order valence-electron chi connectivity index (χ4n) is 4.08. The van der Waals surface area contributed by atoms with Crippen molar-refractivity contribution in [2.24, 2.45) is 0 Å². The number of aryl methyl sites for hydroxylation is 1. The average molecular weight is 489 g/mol. The first-order valence-corrected chi connectivity index (χ1v) is 13.4. The molecule has 1 unspecified atom stereocenters. The predicted molar refractivity (Wildman–Crippen MR) is 133 cm³/mol. The van der Waals surface area contributed by atoms with Crippen molar-refractivity contribution in [1.29, 1.82) is 0 Å². The molecule has 1 atom stereocenters. The molecule has 0 aliphatic carbocycles. The molecule has 0 bridgehead atoms. The van der Waals surface area contributed by atoms with E-state index in [1.54, 1.807) is 12.1 Å². The van der Waals surface area contributed by atoms with Gasteiger partial charge >= 0.3 is 6.18 Å². The normalized spacial score (nSPS) is 13.0. The standard InChI is InChI=1S/C28H47F3O3/c1-4-7-8-9-10-11-15-18-26(34-27(32-5-2)33-6-3)19-16-13-12-14-17-24-20-22-25(23-21-24)28(29,30)31/h20-23,26-27H,4-19H2,1-3H3. The summed E-state index contributed by atoms with van der Waals surface area (Å²) in [5.74, 6) is 0. The summed E-state index contributed by atoms with van der Waals surface area (Å²) in [7, 11) is 0. The summed E-state index contributed by atoms with van der Waals surface area (Å²) >= 11 is 0. The van der Waals surface area contributed by atoms with Crippen molar-refractivity contribution in [3.05, 3.63) is 35.4 Å². The van der Waals surface area contributed by atoms with Crippen LogP contribution in [0.1, 0.15) is 115 Å². The van der Waals surface area contributed by atoms with Crippen LogP contribution in [-0.2, 0) is 26.8 Å². The van der Waals surface area contributed by atoms with Gasteiger partial charge in [0, 0.05) is 13.2 Å². The summed E-state index contributed by atoms with van der Waals surface area (Å²) in [5, 5.41) is 0. The van der Waals surface area contributed by atoms with Crippen LogP contribution in [0.3, 0.4) is 0 Å². The number of rotatable bonds is 21. The Morgan fingerprint density at radius 3 is 1.68 bits per heavy atom. The van der Waals surface area contributed by atoms with E-state index in [-0.39, 0.29) is 6.10 Å². The van der Waals surface area contributed by atoms with Gasteiger partial charge in [-0.3, -0.25) is 0 Å². The lowest BCUT2D eigenvalue weighted by Gasteiger charge is -2.24. The molecule has 0 N–H and O–H groups in total. The van der Waals surface area contributed by atoms with Crippen LogP contribution < -0.4 is 0 Å². The van der Waals surface area contributed by atoms with Crippen molar-refractivity contribution >= 4 is 0 Å². The molecule has 0 amide bonds. The molecule has 3 nitrogen and oxygen atoms in total. The Bertz CT molecular complexity index is 584. The first-order chi connectivity index (χ1) is 16.4. The Balaban J connectivity index is 2.33. The fraction of sp³-hybridized carbons (Fsp3) is 0.786. The van der Waals surface area contributed by atoms with Crippen LogP contribution in [0.25, 0.3) is 0 Å². The van der Waals surface area contributed by atoms with E-state index in [1.165, 1.54) is 50.7 Å². The van der Waals surface area contributed by atoms with Gasteiger partial charge in [-0.1, -0.05) is 83.3 Å². The molecule has 34 heavy (non-hydrogen) atoms. The monoisotopic (exact) mass is 488 g/mol. The van der Waals surface area contributed by atoms with E-state index in [0.29, 0.717) is 13.2 Å². The minimum atomic E-state index is -4.27. The second kappa shape index (κ2) is 19.1. The number of hydrogen-bond acceptors (Lipinski definition) is 3. The molecule has 0 aliphatic heterocycles. The predicted octanol–water partition coefficient (Wildman–Crippen LogP) is 9.08. The van der Waals surface area contributed by atoms with Crippen LogP contribution in [0.2, 0.25) is 0 Å². The zero-order chi connectivity index (χ0) is 25.1. The van der Waals surface area contributed by atoms with Gasteiger partial charge in [-0.15, -0.1) is 0 Å². The number of benzene rings is 1. The molecule has 198 valence electrons. The smallest absolute Gasteiger partial charge is 0.330 e. The minimum absolute atomic E-state index is 0.133. The second-order valence-corrected chi connectivity index (χ2v) is 9.02. The summed E-state index contributed by atoms with van der Waals surface area (Å²) in [6, 6.07) is 5.54. The van der Waals surface area contributed by atoms with Crippen molar-refractivity contribution in [2.75, 3.05) is 13.2 Å². The van der Waals surface area contributed by atoms with Crippen LogP contribution >= 0.6 is 0 Å². The van der Waals surface area contributed by atoms with Crippen molar-refractivity contribution < 1.29 is 27.4 Å². The highest BCUT2D eigenvalue weighted by molar-refractivity contribution is 5.24. The van der Waals surface area contributed by atoms with Gasteiger partial charge in [0.2, 0.25) is 0 Å². The fourth-order valence-corrected chi connectivity index (χ4v) is 4.08. The van der Waals surface area contributed by atoms with E-state index >= 15 is 0 Å². The highest BCUT2D eigenvalue weighted by atomic mass is 19.4. The second-order valence-electron chi connectivity index (χ2n) is 9.02. The van der Waals surface area contributed by atoms with E-state index in [4.69, 9.17) is 14.2 Å². The Hall–Kier alpha value is -1.11. The molecule has 0 radical (unpaired) electrons. The lowest BCUT2D eigenvalue weighted by molar-refractivity contribution is -0.302. The lowest BCUT2D eigenvalue weighted by atomic mass is 10.0. The number of hydrogen-bond donors (Lipinski definition) is 0. The highest BCUT2D eigenvalue weighted by Gasteiger charge is 2.29. The summed E-state index contributed by atoms with van der Waals surface area (Å²) < 4.78 is 55.4.